The first-order valence-electron chi connectivity index (χ1n) is 2.28. The third-order valence-electron chi connectivity index (χ3n) is 0.861. The molecule has 0 bridgehead atoms. The first-order chi connectivity index (χ1) is 3.79. The molecule has 1 heterocycles. The molecule has 0 fully saturated rings. The Morgan fingerprint density at radius 2 is 1.88 bits per heavy atom. The highest BCUT2D eigenvalue weighted by atomic mass is 16.1. The van der Waals surface area contributed by atoms with Gasteiger partial charge in [0.15, 0.2) is 18.2 Å². The molecule has 8 heavy (non-hydrogen) atoms. The molecular weight excluding hydrogens is 102 g/mol. The normalized spacial score (nSPS) is 17.5. The highest BCUT2D eigenvalue weighted by Crippen LogP contribution is 1.89. The molecule has 0 aromatic heterocycles. The monoisotopic (exact) mass is 108 g/mol. The molecule has 0 aromatic rings. The third kappa shape index (κ3) is 0.904. The SMILES string of the molecule is C=[N+]1C=CC(=O)C=C1. The number of carbonyl (C=O) groups excluding carboxylic acids is 1. The van der Waals surface area contributed by atoms with E-state index in [9.17, 15) is 4.79 Å². The van der Waals surface area contributed by atoms with Crippen LogP contribution in [0.15, 0.2) is 24.6 Å². The lowest BCUT2D eigenvalue weighted by atomic mass is 10.3. The van der Waals surface area contributed by atoms with Gasteiger partial charge in [-0.25, -0.2) is 0 Å². The number of ketones is 1. The molecule has 0 amide bonds. The number of allylic oxidation sites excluding steroid dienone is 2. The van der Waals surface area contributed by atoms with Crippen LogP contribution in [0, 0.1) is 0 Å². The van der Waals surface area contributed by atoms with E-state index in [1.165, 1.54) is 12.2 Å². The van der Waals surface area contributed by atoms with Crippen LogP contribution in [0.25, 0.3) is 0 Å². The first-order valence-corrected chi connectivity index (χ1v) is 2.28. The Bertz CT molecular complexity index is 151. The van der Waals surface area contributed by atoms with Crippen molar-refractivity contribution in [2.75, 3.05) is 0 Å². The van der Waals surface area contributed by atoms with Crippen molar-refractivity contribution in [3.63, 3.8) is 0 Å². The topological polar surface area (TPSA) is 20.1 Å². The van der Waals surface area contributed by atoms with Crippen molar-refractivity contribution in [1.29, 1.82) is 0 Å². The van der Waals surface area contributed by atoms with Crippen LogP contribution in [0.3, 0.4) is 0 Å². The summed E-state index contributed by atoms with van der Waals surface area (Å²) in [4.78, 5) is 10.4. The molecule has 2 heteroatoms. The summed E-state index contributed by atoms with van der Waals surface area (Å²) in [5, 5.41) is 0. The van der Waals surface area contributed by atoms with Crippen molar-refractivity contribution in [2.45, 2.75) is 0 Å². The highest BCUT2D eigenvalue weighted by Gasteiger charge is 1.99. The van der Waals surface area contributed by atoms with E-state index in [4.69, 9.17) is 0 Å². The maximum absolute atomic E-state index is 10.4. The van der Waals surface area contributed by atoms with Crippen molar-refractivity contribution in [2.24, 2.45) is 0 Å². The summed E-state index contributed by atoms with van der Waals surface area (Å²) < 4.78 is 1.57. The highest BCUT2D eigenvalue weighted by molar-refractivity contribution is 5.99. The summed E-state index contributed by atoms with van der Waals surface area (Å²) in [5.41, 5.74) is 0. The van der Waals surface area contributed by atoms with Gasteiger partial charge in [0.1, 0.15) is 6.72 Å². The summed E-state index contributed by atoms with van der Waals surface area (Å²) in [6.45, 7) is 3.54. The molecule has 0 aromatic carbocycles. The minimum atomic E-state index is 0.0184. The minimum Gasteiger partial charge on any atom is -0.289 e. The third-order valence-corrected chi connectivity index (χ3v) is 0.861. The number of nitrogens with zero attached hydrogens (tertiary/aromatic N) is 1. The second-order valence-corrected chi connectivity index (χ2v) is 1.55. The van der Waals surface area contributed by atoms with Gasteiger partial charge >= 0.3 is 0 Å². The van der Waals surface area contributed by atoms with Gasteiger partial charge < -0.3 is 0 Å². The fourth-order valence-corrected chi connectivity index (χ4v) is 0.444. The van der Waals surface area contributed by atoms with E-state index < -0.39 is 0 Å². The van der Waals surface area contributed by atoms with Crippen LogP contribution >= 0.6 is 0 Å². The van der Waals surface area contributed by atoms with Crippen LogP contribution < -0.4 is 0 Å². The number of carbonyl (C=O) groups is 1. The van der Waals surface area contributed by atoms with E-state index in [1.54, 1.807) is 17.0 Å². The predicted molar refractivity (Wildman–Crippen MR) is 30.7 cm³/mol. The standard InChI is InChI=1S/C6H6NO/c1-7-4-2-6(8)3-5-7/h2-5H,1H2/q+1. The molecule has 0 radical (unpaired) electrons. The van der Waals surface area contributed by atoms with Crippen LogP contribution in [0.5, 0.6) is 0 Å². The van der Waals surface area contributed by atoms with Crippen LogP contribution in [0.4, 0.5) is 0 Å². The van der Waals surface area contributed by atoms with Gasteiger partial charge in [-0.2, -0.15) is 4.58 Å². The van der Waals surface area contributed by atoms with Crippen LogP contribution in [0.2, 0.25) is 0 Å². The van der Waals surface area contributed by atoms with Crippen molar-refractivity contribution in [3.05, 3.63) is 24.6 Å². The Kier molecular flexibility index (Phi) is 1.08. The average molecular weight is 108 g/mol. The Morgan fingerprint density at radius 1 is 1.38 bits per heavy atom. The van der Waals surface area contributed by atoms with Crippen molar-refractivity contribution < 1.29 is 9.37 Å². The summed E-state index contributed by atoms with van der Waals surface area (Å²) in [7, 11) is 0. The van der Waals surface area contributed by atoms with Gasteiger partial charge in [-0.1, -0.05) is 0 Å². The molecule has 0 N–H and O–H groups in total. The second-order valence-electron chi connectivity index (χ2n) is 1.55. The number of rotatable bonds is 0. The average Bonchev–Trinajstić information content (AvgIpc) is 1.77. The maximum Gasteiger partial charge on any atom is 0.190 e. The zero-order chi connectivity index (χ0) is 5.98. The first kappa shape index (κ1) is 4.97. The molecule has 1 aliphatic rings. The van der Waals surface area contributed by atoms with Gasteiger partial charge in [-0.3, -0.25) is 4.79 Å². The molecule has 2 nitrogen and oxygen atoms in total. The lowest BCUT2D eigenvalue weighted by Crippen LogP contribution is -1.99. The van der Waals surface area contributed by atoms with Gasteiger partial charge in [0.05, 0.1) is 0 Å². The van der Waals surface area contributed by atoms with Crippen LogP contribution in [0.1, 0.15) is 0 Å². The van der Waals surface area contributed by atoms with E-state index in [1.807, 2.05) is 0 Å². The van der Waals surface area contributed by atoms with E-state index >= 15 is 0 Å². The van der Waals surface area contributed by atoms with Gasteiger partial charge in [0.25, 0.3) is 0 Å². The van der Waals surface area contributed by atoms with E-state index in [-0.39, 0.29) is 5.78 Å². The molecule has 1 rings (SSSR count). The molecule has 40 valence electrons. The van der Waals surface area contributed by atoms with Gasteiger partial charge in [0.2, 0.25) is 0 Å². The molecule has 0 saturated heterocycles. The lowest BCUT2D eigenvalue weighted by Gasteiger charge is -1.87. The molecule has 0 aliphatic carbocycles. The summed E-state index contributed by atoms with van der Waals surface area (Å²) in [6, 6.07) is 0. The van der Waals surface area contributed by atoms with E-state index in [2.05, 4.69) is 6.72 Å². The Hall–Kier alpha value is -1.18. The van der Waals surface area contributed by atoms with E-state index in [0.29, 0.717) is 0 Å². The van der Waals surface area contributed by atoms with Crippen LogP contribution in [-0.4, -0.2) is 17.1 Å². The lowest BCUT2D eigenvalue weighted by molar-refractivity contribution is -0.368. The number of hydrogen-bond donors (Lipinski definition) is 0. The summed E-state index contributed by atoms with van der Waals surface area (Å²) >= 11 is 0. The quantitative estimate of drug-likeness (QED) is 0.409. The van der Waals surface area contributed by atoms with Crippen LogP contribution in [-0.2, 0) is 4.79 Å². The predicted octanol–water partition coefficient (Wildman–Crippen LogP) is 0.310. The zero-order valence-corrected chi connectivity index (χ0v) is 4.37. The minimum absolute atomic E-state index is 0.0184. The second kappa shape index (κ2) is 1.74. The van der Waals surface area contributed by atoms with Crippen molar-refractivity contribution in [3.8, 4) is 0 Å². The molecular formula is C6H6NO+. The molecule has 0 unspecified atom stereocenters. The summed E-state index contributed by atoms with van der Waals surface area (Å²) in [6.07, 6.45) is 6.16. The molecule has 0 saturated carbocycles. The van der Waals surface area contributed by atoms with Gasteiger partial charge in [0, 0.05) is 12.2 Å². The Labute approximate surface area is 47.4 Å². The Balaban J connectivity index is 2.83. The summed E-state index contributed by atoms with van der Waals surface area (Å²) in [5.74, 6) is 0.0184. The van der Waals surface area contributed by atoms with E-state index in [0.717, 1.165) is 0 Å². The van der Waals surface area contributed by atoms with Crippen molar-refractivity contribution in [1.82, 2.24) is 0 Å². The zero-order valence-electron chi connectivity index (χ0n) is 4.37. The molecule has 0 atom stereocenters. The number of hydrogen-bond acceptors (Lipinski definition) is 1. The smallest absolute Gasteiger partial charge is 0.190 e. The fourth-order valence-electron chi connectivity index (χ4n) is 0.444. The van der Waals surface area contributed by atoms with Crippen molar-refractivity contribution >= 4 is 12.5 Å². The maximum atomic E-state index is 10.4. The van der Waals surface area contributed by atoms with Gasteiger partial charge in [-0.05, 0) is 0 Å². The van der Waals surface area contributed by atoms with Gasteiger partial charge in [-0.15, -0.1) is 0 Å². The Morgan fingerprint density at radius 3 is 2.25 bits per heavy atom. The fraction of sp³-hybridized carbons (Fsp3) is 0. The molecule has 0 spiro atoms. The largest absolute Gasteiger partial charge is 0.289 e. The molecule has 1 aliphatic heterocycles.